The molecule has 5 rings (SSSR count). The van der Waals surface area contributed by atoms with E-state index in [0.29, 0.717) is 56.7 Å². The van der Waals surface area contributed by atoms with Gasteiger partial charge in [-0.1, -0.05) is 41.9 Å². The Kier molecular flexibility index (Phi) is 9.08. The van der Waals surface area contributed by atoms with Gasteiger partial charge in [0.25, 0.3) is 11.8 Å². The highest BCUT2D eigenvalue weighted by Crippen LogP contribution is 2.31. The fourth-order valence-electron chi connectivity index (χ4n) is 4.89. The van der Waals surface area contributed by atoms with Crippen LogP contribution in [0.15, 0.2) is 97.1 Å². The number of benzene rings is 4. The van der Waals surface area contributed by atoms with E-state index in [2.05, 4.69) is 10.6 Å². The molecule has 0 saturated heterocycles. The molecule has 0 aliphatic rings. The first kappa shape index (κ1) is 29.4. The van der Waals surface area contributed by atoms with Crippen molar-refractivity contribution in [3.63, 3.8) is 0 Å². The van der Waals surface area contributed by atoms with Crippen molar-refractivity contribution in [2.24, 2.45) is 0 Å². The minimum Gasteiger partial charge on any atom is -0.497 e. The number of carbonyl (C=O) groups is 3. The highest BCUT2D eigenvalue weighted by atomic mass is 35.5. The quantitative estimate of drug-likeness (QED) is 0.185. The van der Waals surface area contributed by atoms with E-state index in [9.17, 15) is 14.4 Å². The van der Waals surface area contributed by atoms with Crippen LogP contribution >= 0.6 is 11.6 Å². The maximum Gasteiger partial charge on any atom is 0.262 e. The Hall–Kier alpha value is -5.08. The van der Waals surface area contributed by atoms with E-state index in [1.807, 2.05) is 43.3 Å². The van der Waals surface area contributed by atoms with Crippen LogP contribution in [0.5, 0.6) is 11.5 Å². The summed E-state index contributed by atoms with van der Waals surface area (Å²) in [6, 6.07) is 28.2. The monoisotopic (exact) mass is 595 g/mol. The van der Waals surface area contributed by atoms with Gasteiger partial charge in [0.05, 0.1) is 36.8 Å². The first-order chi connectivity index (χ1) is 20.9. The molecule has 5 aromatic rings. The van der Waals surface area contributed by atoms with Gasteiger partial charge in [-0.2, -0.15) is 0 Å². The largest absolute Gasteiger partial charge is 0.497 e. The number of hydrogen-bond acceptors (Lipinski definition) is 5. The Morgan fingerprint density at radius 2 is 1.58 bits per heavy atom. The van der Waals surface area contributed by atoms with E-state index in [0.717, 1.165) is 5.39 Å². The van der Waals surface area contributed by atoms with Crippen LogP contribution in [0.2, 0.25) is 5.02 Å². The third kappa shape index (κ3) is 6.71. The summed E-state index contributed by atoms with van der Waals surface area (Å²) >= 11 is 6.03. The third-order valence-electron chi connectivity index (χ3n) is 7.02. The molecule has 1 aromatic heterocycles. The van der Waals surface area contributed by atoms with E-state index in [4.69, 9.17) is 21.1 Å². The number of nitrogens with one attached hydrogen (secondary N) is 2. The molecule has 218 valence electrons. The highest BCUT2D eigenvalue weighted by molar-refractivity contribution is 6.30. The van der Waals surface area contributed by atoms with Crippen LogP contribution < -0.4 is 20.1 Å². The number of anilines is 1. The molecule has 0 bridgehead atoms. The average molecular weight is 596 g/mol. The zero-order valence-electron chi connectivity index (χ0n) is 23.7. The van der Waals surface area contributed by atoms with E-state index >= 15 is 0 Å². The van der Waals surface area contributed by atoms with Crippen LogP contribution in [0.1, 0.15) is 32.0 Å². The molecule has 43 heavy (non-hydrogen) atoms. The van der Waals surface area contributed by atoms with E-state index in [-0.39, 0.29) is 30.7 Å². The molecular formula is C34H30ClN3O5. The summed E-state index contributed by atoms with van der Waals surface area (Å²) in [5.41, 5.74) is 3.12. The van der Waals surface area contributed by atoms with Gasteiger partial charge < -0.3 is 20.1 Å². The summed E-state index contributed by atoms with van der Waals surface area (Å²) in [4.78, 5) is 40.0. The molecule has 0 atom stereocenters. The first-order valence-electron chi connectivity index (χ1n) is 13.7. The molecule has 0 unspecified atom stereocenters. The Labute approximate surface area is 254 Å². The number of para-hydroxylation sites is 2. The number of amides is 2. The lowest BCUT2D eigenvalue weighted by atomic mass is 10.1. The summed E-state index contributed by atoms with van der Waals surface area (Å²) < 4.78 is 12.7. The third-order valence-corrected chi connectivity index (χ3v) is 7.27. The summed E-state index contributed by atoms with van der Waals surface area (Å²) in [6.45, 7) is 2.39. The Morgan fingerprint density at radius 3 is 2.33 bits per heavy atom. The molecule has 4 aromatic carbocycles. The number of rotatable bonds is 10. The standard InChI is InChI=1S/C34H30ClN3O5/c1-22-28(29-20-26(42-2)16-17-31(29)38(22)34(41)23-12-14-24(35)15-13-23)21-32(39)37-30-11-7-6-10-27(30)33(40)36-18-19-43-25-8-4-3-5-9-25/h3-17,20H,18-19,21H2,1-2H3,(H,36,40)(H,37,39). The van der Waals surface area contributed by atoms with E-state index in [1.165, 1.54) is 0 Å². The number of halogens is 1. The smallest absolute Gasteiger partial charge is 0.262 e. The van der Waals surface area contributed by atoms with Gasteiger partial charge in [-0.25, -0.2) is 0 Å². The first-order valence-corrected chi connectivity index (χ1v) is 14.1. The fourth-order valence-corrected chi connectivity index (χ4v) is 5.01. The number of nitrogens with zero attached hydrogens (tertiary/aromatic N) is 1. The fraction of sp³-hybridized carbons (Fsp3) is 0.147. The molecule has 0 aliphatic carbocycles. The predicted octanol–water partition coefficient (Wildman–Crippen LogP) is 6.29. The lowest BCUT2D eigenvalue weighted by molar-refractivity contribution is -0.115. The molecule has 0 saturated carbocycles. The zero-order chi connectivity index (χ0) is 30.3. The van der Waals surface area contributed by atoms with Gasteiger partial charge in [0.1, 0.15) is 18.1 Å². The number of fused-ring (bicyclic) bond motifs is 1. The van der Waals surface area contributed by atoms with Crippen LogP contribution in [0.3, 0.4) is 0 Å². The van der Waals surface area contributed by atoms with Gasteiger partial charge in [-0.3, -0.25) is 19.0 Å². The molecule has 0 aliphatic heterocycles. The van der Waals surface area contributed by atoms with Gasteiger partial charge in [0, 0.05) is 21.7 Å². The molecule has 0 spiro atoms. The Bertz CT molecular complexity index is 1780. The molecule has 1 heterocycles. The van der Waals surface area contributed by atoms with Crippen molar-refractivity contribution >= 4 is 45.9 Å². The van der Waals surface area contributed by atoms with Gasteiger partial charge in [0.15, 0.2) is 0 Å². The van der Waals surface area contributed by atoms with Gasteiger partial charge in [-0.05, 0) is 79.2 Å². The Balaban J connectivity index is 1.34. The van der Waals surface area contributed by atoms with Crippen LogP contribution in [0.25, 0.3) is 10.9 Å². The maximum absolute atomic E-state index is 13.6. The molecule has 2 amide bonds. The van der Waals surface area contributed by atoms with Gasteiger partial charge in [-0.15, -0.1) is 0 Å². The second kappa shape index (κ2) is 13.3. The van der Waals surface area contributed by atoms with Crippen LogP contribution in [-0.4, -0.2) is 42.6 Å². The zero-order valence-corrected chi connectivity index (χ0v) is 24.5. The van der Waals surface area contributed by atoms with Crippen LogP contribution in [0, 0.1) is 6.92 Å². The normalized spacial score (nSPS) is 10.8. The minimum absolute atomic E-state index is 0.0305. The van der Waals surface area contributed by atoms with Crippen LogP contribution in [-0.2, 0) is 11.2 Å². The lowest BCUT2D eigenvalue weighted by Gasteiger charge is -2.12. The molecule has 0 fully saturated rings. The SMILES string of the molecule is COc1ccc2c(c1)c(CC(=O)Nc1ccccc1C(=O)NCCOc1ccccc1)c(C)n2C(=O)c1ccc(Cl)cc1. The van der Waals surface area contributed by atoms with E-state index < -0.39 is 0 Å². The number of methoxy groups -OCH3 is 1. The summed E-state index contributed by atoms with van der Waals surface area (Å²) in [7, 11) is 1.56. The van der Waals surface area contributed by atoms with Gasteiger partial charge in [0.2, 0.25) is 5.91 Å². The summed E-state index contributed by atoms with van der Waals surface area (Å²) in [5.74, 6) is 0.404. The minimum atomic E-state index is -0.337. The van der Waals surface area contributed by atoms with Crippen molar-refractivity contribution in [1.82, 2.24) is 9.88 Å². The molecular weight excluding hydrogens is 566 g/mol. The van der Waals surface area contributed by atoms with Crippen molar-refractivity contribution in [1.29, 1.82) is 0 Å². The predicted molar refractivity (Wildman–Crippen MR) is 167 cm³/mol. The van der Waals surface area contributed by atoms with Crippen molar-refractivity contribution in [2.45, 2.75) is 13.3 Å². The second-order valence-corrected chi connectivity index (χ2v) is 10.2. The molecule has 2 N–H and O–H groups in total. The summed E-state index contributed by atoms with van der Waals surface area (Å²) in [5, 5.41) is 6.97. The summed E-state index contributed by atoms with van der Waals surface area (Å²) in [6.07, 6.45) is -0.0305. The second-order valence-electron chi connectivity index (χ2n) is 9.78. The number of hydrogen-bond donors (Lipinski definition) is 2. The van der Waals surface area contributed by atoms with Crippen molar-refractivity contribution in [3.8, 4) is 11.5 Å². The maximum atomic E-state index is 13.6. The van der Waals surface area contributed by atoms with Crippen molar-refractivity contribution < 1.29 is 23.9 Å². The van der Waals surface area contributed by atoms with E-state index in [1.54, 1.807) is 72.3 Å². The highest BCUT2D eigenvalue weighted by Gasteiger charge is 2.23. The van der Waals surface area contributed by atoms with Gasteiger partial charge >= 0.3 is 0 Å². The number of carbonyl (C=O) groups excluding carboxylic acids is 3. The Morgan fingerprint density at radius 1 is 0.860 bits per heavy atom. The number of ether oxygens (including phenoxy) is 2. The molecule has 0 radical (unpaired) electrons. The van der Waals surface area contributed by atoms with Crippen LogP contribution in [0.4, 0.5) is 5.69 Å². The molecule has 8 nitrogen and oxygen atoms in total. The average Bonchev–Trinajstić information content (AvgIpc) is 3.29. The van der Waals surface area contributed by atoms with Crippen molar-refractivity contribution in [3.05, 3.63) is 124 Å². The lowest BCUT2D eigenvalue weighted by Crippen LogP contribution is -2.29. The van der Waals surface area contributed by atoms with Crippen molar-refractivity contribution in [2.75, 3.05) is 25.6 Å². The molecule has 9 heteroatoms. The number of aromatic nitrogens is 1. The topological polar surface area (TPSA) is 98.7 Å².